The van der Waals surface area contributed by atoms with Gasteiger partial charge in [-0.1, -0.05) is 18.6 Å². The van der Waals surface area contributed by atoms with Crippen molar-refractivity contribution >= 4 is 33.3 Å². The van der Waals surface area contributed by atoms with E-state index < -0.39 is 5.97 Å². The first-order valence-electron chi connectivity index (χ1n) is 10.9. The van der Waals surface area contributed by atoms with Crippen molar-refractivity contribution in [2.24, 2.45) is 0 Å². The molecule has 1 aromatic carbocycles. The number of carbonyl (C=O) groups is 2. The minimum atomic E-state index is -0.574. The number of aromatic nitrogens is 2. The Morgan fingerprint density at radius 1 is 1.10 bits per heavy atom. The number of aryl methyl sites for hydroxylation is 4. The van der Waals surface area contributed by atoms with Gasteiger partial charge in [0.2, 0.25) is 0 Å². The molecule has 7 heteroatoms. The van der Waals surface area contributed by atoms with E-state index in [1.807, 2.05) is 18.2 Å². The number of hydrogen-bond donors (Lipinski definition) is 0. The van der Waals surface area contributed by atoms with E-state index in [0.29, 0.717) is 32.8 Å². The molecule has 2 aromatic heterocycles. The normalized spacial score (nSPS) is 15.4. The first-order chi connectivity index (χ1) is 15.0. The van der Waals surface area contributed by atoms with Crippen LogP contribution in [0.25, 0.3) is 10.2 Å². The number of carbonyl (C=O) groups excluding carboxylic acids is 2. The average molecular weight is 437 g/mol. The summed E-state index contributed by atoms with van der Waals surface area (Å²) in [7, 11) is 0. The highest BCUT2D eigenvalue weighted by molar-refractivity contribution is 7.20. The summed E-state index contributed by atoms with van der Waals surface area (Å²) in [6, 6.07) is 5.72. The van der Waals surface area contributed by atoms with E-state index in [4.69, 9.17) is 4.74 Å². The van der Waals surface area contributed by atoms with Crippen LogP contribution in [0.5, 0.6) is 0 Å². The molecule has 0 saturated carbocycles. The number of ether oxygens (including phenoxy) is 1. The molecule has 31 heavy (non-hydrogen) atoms. The van der Waals surface area contributed by atoms with Crippen LogP contribution in [0.3, 0.4) is 0 Å². The van der Waals surface area contributed by atoms with Crippen LogP contribution in [0.1, 0.15) is 68.2 Å². The second-order valence-electron chi connectivity index (χ2n) is 8.37. The summed E-state index contributed by atoms with van der Waals surface area (Å²) < 4.78 is 7.10. The lowest BCUT2D eigenvalue weighted by atomic mass is 10.0. The van der Waals surface area contributed by atoms with Gasteiger partial charge in [-0.2, -0.15) is 0 Å². The molecule has 160 valence electrons. The van der Waals surface area contributed by atoms with E-state index in [1.165, 1.54) is 22.5 Å². The molecule has 2 aliphatic rings. The standard InChI is InChI=1S/C24H24N2O4S/c1-14-20-22(25-19-8-3-2-4-11-26(19)23(20)28)31-21(14)24(29)30-13-18(27)17-10-9-15-6-5-7-16(15)12-17/h9-10,12H,2-8,11,13H2,1H3. The summed E-state index contributed by atoms with van der Waals surface area (Å²) >= 11 is 1.18. The summed E-state index contributed by atoms with van der Waals surface area (Å²) in [5, 5.41) is 0.493. The number of rotatable bonds is 4. The number of Topliss-reactive ketones (excluding diaryl/α,β-unsaturated/α-hetero) is 1. The summed E-state index contributed by atoms with van der Waals surface area (Å²) in [4.78, 5) is 44.0. The van der Waals surface area contributed by atoms with Crippen LogP contribution in [-0.2, 0) is 30.5 Å². The highest BCUT2D eigenvalue weighted by Crippen LogP contribution is 2.29. The molecule has 3 aromatic rings. The van der Waals surface area contributed by atoms with Crippen LogP contribution in [0.15, 0.2) is 23.0 Å². The van der Waals surface area contributed by atoms with Crippen LogP contribution in [-0.4, -0.2) is 27.9 Å². The molecule has 0 atom stereocenters. The van der Waals surface area contributed by atoms with Gasteiger partial charge < -0.3 is 4.74 Å². The fraction of sp³-hybridized carbons (Fsp3) is 0.417. The Morgan fingerprint density at radius 3 is 2.81 bits per heavy atom. The lowest BCUT2D eigenvalue weighted by molar-refractivity contribution is 0.0479. The van der Waals surface area contributed by atoms with Gasteiger partial charge in [0.25, 0.3) is 5.56 Å². The van der Waals surface area contributed by atoms with E-state index in [0.717, 1.165) is 50.8 Å². The molecule has 0 fully saturated rings. The predicted molar refractivity (Wildman–Crippen MR) is 119 cm³/mol. The van der Waals surface area contributed by atoms with Crippen molar-refractivity contribution in [1.82, 2.24) is 9.55 Å². The quantitative estimate of drug-likeness (QED) is 0.456. The maximum Gasteiger partial charge on any atom is 0.349 e. The Kier molecular flexibility index (Phi) is 5.22. The van der Waals surface area contributed by atoms with Crippen molar-refractivity contribution in [2.45, 2.75) is 58.4 Å². The molecule has 1 aliphatic heterocycles. The largest absolute Gasteiger partial charge is 0.453 e. The van der Waals surface area contributed by atoms with Gasteiger partial charge in [-0.15, -0.1) is 11.3 Å². The number of benzene rings is 1. The minimum Gasteiger partial charge on any atom is -0.453 e. The molecule has 0 amide bonds. The molecule has 0 unspecified atom stereocenters. The summed E-state index contributed by atoms with van der Waals surface area (Å²) in [5.74, 6) is 0.00396. The van der Waals surface area contributed by atoms with E-state index in [-0.39, 0.29) is 17.9 Å². The third kappa shape index (κ3) is 3.61. The van der Waals surface area contributed by atoms with Gasteiger partial charge in [-0.25, -0.2) is 9.78 Å². The Labute approximate surface area is 183 Å². The highest BCUT2D eigenvalue weighted by Gasteiger charge is 2.24. The Morgan fingerprint density at radius 2 is 1.94 bits per heavy atom. The molecular weight excluding hydrogens is 412 g/mol. The number of esters is 1. The van der Waals surface area contributed by atoms with Crippen molar-refractivity contribution < 1.29 is 14.3 Å². The topological polar surface area (TPSA) is 78.3 Å². The maximum absolute atomic E-state index is 13.1. The second-order valence-corrected chi connectivity index (χ2v) is 9.37. The van der Waals surface area contributed by atoms with Crippen molar-refractivity contribution in [3.8, 4) is 0 Å². The van der Waals surface area contributed by atoms with Crippen LogP contribution in [0.2, 0.25) is 0 Å². The minimum absolute atomic E-state index is 0.0797. The third-order valence-corrected chi connectivity index (χ3v) is 7.52. The molecule has 1 aliphatic carbocycles. The van der Waals surface area contributed by atoms with E-state index >= 15 is 0 Å². The zero-order valence-electron chi connectivity index (χ0n) is 17.5. The lowest BCUT2D eigenvalue weighted by Gasteiger charge is -2.08. The first kappa shape index (κ1) is 20.1. The third-order valence-electron chi connectivity index (χ3n) is 6.35. The Bertz CT molecular complexity index is 1270. The molecule has 5 rings (SSSR count). The van der Waals surface area contributed by atoms with Crippen LogP contribution in [0, 0.1) is 6.92 Å². The maximum atomic E-state index is 13.1. The van der Waals surface area contributed by atoms with Gasteiger partial charge >= 0.3 is 5.97 Å². The molecule has 6 nitrogen and oxygen atoms in total. The average Bonchev–Trinajstić information content (AvgIpc) is 3.28. The predicted octanol–water partition coefficient (Wildman–Crippen LogP) is 4.02. The first-order valence-corrected chi connectivity index (χ1v) is 11.7. The molecule has 0 spiro atoms. The molecule has 0 radical (unpaired) electrons. The second kappa shape index (κ2) is 8.04. The molecule has 0 N–H and O–H groups in total. The van der Waals surface area contributed by atoms with E-state index in [1.54, 1.807) is 11.5 Å². The van der Waals surface area contributed by atoms with Gasteiger partial charge in [0.05, 0.1) is 5.39 Å². The fourth-order valence-electron chi connectivity index (χ4n) is 4.63. The van der Waals surface area contributed by atoms with Crippen LogP contribution in [0.4, 0.5) is 0 Å². The lowest BCUT2D eigenvalue weighted by Crippen LogP contribution is -2.24. The van der Waals surface area contributed by atoms with Crippen LogP contribution < -0.4 is 5.56 Å². The Hall–Kier alpha value is -2.80. The van der Waals surface area contributed by atoms with Crippen molar-refractivity contribution in [1.29, 1.82) is 0 Å². The number of thiophene rings is 1. The van der Waals surface area contributed by atoms with E-state index in [9.17, 15) is 14.4 Å². The molecule has 3 heterocycles. The smallest absolute Gasteiger partial charge is 0.349 e. The highest BCUT2D eigenvalue weighted by atomic mass is 32.1. The number of nitrogens with zero attached hydrogens (tertiary/aromatic N) is 2. The zero-order valence-corrected chi connectivity index (χ0v) is 18.3. The summed E-state index contributed by atoms with van der Waals surface area (Å²) in [6.07, 6.45) is 7.00. The number of ketones is 1. The molecule has 0 bridgehead atoms. The van der Waals surface area contributed by atoms with Crippen molar-refractivity contribution in [2.75, 3.05) is 6.61 Å². The van der Waals surface area contributed by atoms with Gasteiger partial charge in [0, 0.05) is 18.5 Å². The van der Waals surface area contributed by atoms with Gasteiger partial charge in [0.15, 0.2) is 12.4 Å². The molecule has 0 saturated heterocycles. The Balaban J connectivity index is 1.37. The SMILES string of the molecule is Cc1c(C(=O)OCC(=O)c2ccc3c(c2)CCC3)sc2nc3n(c(=O)c12)CCCCC3. The summed E-state index contributed by atoms with van der Waals surface area (Å²) in [6.45, 7) is 2.11. The van der Waals surface area contributed by atoms with Gasteiger partial charge in [0.1, 0.15) is 15.5 Å². The monoisotopic (exact) mass is 436 g/mol. The number of fused-ring (bicyclic) bond motifs is 3. The zero-order chi connectivity index (χ0) is 21.5. The number of hydrogen-bond acceptors (Lipinski definition) is 6. The van der Waals surface area contributed by atoms with Crippen molar-refractivity contribution in [3.05, 3.63) is 61.5 Å². The summed E-state index contributed by atoms with van der Waals surface area (Å²) in [5.41, 5.74) is 3.59. The molecular formula is C24H24N2O4S. The fourth-order valence-corrected chi connectivity index (χ4v) is 5.71. The van der Waals surface area contributed by atoms with Crippen LogP contribution >= 0.6 is 11.3 Å². The van der Waals surface area contributed by atoms with Gasteiger partial charge in [-0.3, -0.25) is 14.2 Å². The van der Waals surface area contributed by atoms with Gasteiger partial charge in [-0.05, 0) is 61.8 Å². The van der Waals surface area contributed by atoms with E-state index in [2.05, 4.69) is 4.98 Å². The van der Waals surface area contributed by atoms with Crippen molar-refractivity contribution in [3.63, 3.8) is 0 Å².